The topological polar surface area (TPSA) is 83.8 Å². The maximum absolute atomic E-state index is 12.4. The maximum Gasteiger partial charge on any atom is 0.338 e. The summed E-state index contributed by atoms with van der Waals surface area (Å²) in [6, 6.07) is 0. The van der Waals surface area contributed by atoms with Gasteiger partial charge in [0.2, 0.25) is 7.37 Å². The van der Waals surface area contributed by atoms with E-state index in [0.717, 1.165) is 19.3 Å². The number of allylic oxidation sites excluding steroid dienone is 4. The maximum atomic E-state index is 12.4. The molecule has 23 heavy (non-hydrogen) atoms. The molecule has 0 aromatic carbocycles. The summed E-state index contributed by atoms with van der Waals surface area (Å²) in [7, 11) is -7.74. The van der Waals surface area contributed by atoms with E-state index in [1.54, 1.807) is 6.92 Å². The largest absolute Gasteiger partial charge is 0.338 e. The first-order valence-corrected chi connectivity index (χ1v) is 11.9. The highest BCUT2D eigenvalue weighted by Crippen LogP contribution is 2.64. The van der Waals surface area contributed by atoms with Crippen molar-refractivity contribution in [2.45, 2.75) is 65.2 Å². The fourth-order valence-electron chi connectivity index (χ4n) is 2.36. The molecule has 0 amide bonds. The van der Waals surface area contributed by atoms with Crippen molar-refractivity contribution in [3.8, 4) is 0 Å². The van der Waals surface area contributed by atoms with Crippen LogP contribution >= 0.6 is 15.0 Å². The lowest BCUT2D eigenvalue weighted by Crippen LogP contribution is -2.11. The molecule has 0 saturated heterocycles. The van der Waals surface area contributed by atoms with Gasteiger partial charge in [-0.1, -0.05) is 23.3 Å². The molecular weight excluding hydrogens is 334 g/mol. The molecule has 0 aromatic heterocycles. The molecule has 0 radical (unpaired) electrons. The van der Waals surface area contributed by atoms with Crippen LogP contribution in [0.15, 0.2) is 23.3 Å². The fraction of sp³-hybridized carbons (Fsp3) is 0.750. The van der Waals surface area contributed by atoms with Crippen LogP contribution in [0.25, 0.3) is 0 Å². The lowest BCUT2D eigenvalue weighted by Gasteiger charge is -2.24. The molecule has 136 valence electrons. The van der Waals surface area contributed by atoms with E-state index >= 15 is 0 Å². The second-order valence-electron chi connectivity index (χ2n) is 6.20. The van der Waals surface area contributed by atoms with Crippen molar-refractivity contribution in [2.24, 2.45) is 0 Å². The molecule has 0 heterocycles. The quantitative estimate of drug-likeness (QED) is 0.295. The molecular formula is C16H32O5P2. The summed E-state index contributed by atoms with van der Waals surface area (Å²) >= 11 is 0. The van der Waals surface area contributed by atoms with E-state index in [9.17, 15) is 18.9 Å². The van der Waals surface area contributed by atoms with Crippen LogP contribution < -0.4 is 0 Å². The first kappa shape index (κ1) is 22.8. The normalized spacial score (nSPS) is 16.7. The lowest BCUT2D eigenvalue weighted by atomic mass is 10.1. The molecule has 0 fully saturated rings. The van der Waals surface area contributed by atoms with E-state index in [2.05, 4.69) is 32.9 Å². The molecule has 0 aromatic rings. The summed E-state index contributed by atoms with van der Waals surface area (Å²) in [6.07, 6.45) is 7.79. The molecule has 2 atom stereocenters. The van der Waals surface area contributed by atoms with Crippen molar-refractivity contribution in [3.63, 3.8) is 0 Å². The van der Waals surface area contributed by atoms with Gasteiger partial charge in [-0.25, -0.2) is 0 Å². The Hall–Kier alpha value is -0.180. The highest BCUT2D eigenvalue weighted by Gasteiger charge is 2.41. The van der Waals surface area contributed by atoms with Crippen LogP contribution in [0, 0.1) is 0 Å². The Morgan fingerprint density at radius 1 is 1.13 bits per heavy atom. The minimum absolute atomic E-state index is 0.188. The highest BCUT2D eigenvalue weighted by atomic mass is 31.2. The average molecular weight is 366 g/mol. The van der Waals surface area contributed by atoms with Crippen LogP contribution in [0.3, 0.4) is 0 Å². The Balaban J connectivity index is 4.52. The summed E-state index contributed by atoms with van der Waals surface area (Å²) in [5.74, 6) is 0. The van der Waals surface area contributed by atoms with Crippen molar-refractivity contribution < 1.29 is 23.4 Å². The Labute approximate surface area is 140 Å². The summed E-state index contributed by atoms with van der Waals surface area (Å²) in [6.45, 7) is 9.38. The Morgan fingerprint density at radius 3 is 2.22 bits per heavy atom. The molecule has 7 heteroatoms. The van der Waals surface area contributed by atoms with Crippen molar-refractivity contribution in [1.29, 1.82) is 0 Å². The second-order valence-corrected chi connectivity index (χ2v) is 11.1. The smallest absolute Gasteiger partial charge is 0.328 e. The third-order valence-electron chi connectivity index (χ3n) is 3.57. The third kappa shape index (κ3) is 10.3. The van der Waals surface area contributed by atoms with Crippen LogP contribution in [-0.2, 0) is 13.7 Å². The molecule has 0 aliphatic rings. The molecule has 0 aliphatic carbocycles. The highest BCUT2D eigenvalue weighted by molar-refractivity contribution is 7.74. The van der Waals surface area contributed by atoms with Gasteiger partial charge >= 0.3 is 7.60 Å². The Kier molecular flexibility index (Phi) is 10.6. The minimum Gasteiger partial charge on any atom is -0.328 e. The van der Waals surface area contributed by atoms with E-state index in [0.29, 0.717) is 6.42 Å². The van der Waals surface area contributed by atoms with Gasteiger partial charge in [0, 0.05) is 6.66 Å². The zero-order valence-electron chi connectivity index (χ0n) is 15.0. The molecule has 0 aliphatic heterocycles. The van der Waals surface area contributed by atoms with Gasteiger partial charge in [-0.15, -0.1) is 0 Å². The zero-order chi connectivity index (χ0) is 18.1. The van der Waals surface area contributed by atoms with E-state index in [1.165, 1.54) is 17.8 Å². The first-order chi connectivity index (χ1) is 10.5. The van der Waals surface area contributed by atoms with Gasteiger partial charge in [-0.05, 0) is 59.8 Å². The van der Waals surface area contributed by atoms with Crippen molar-refractivity contribution >= 4 is 15.0 Å². The van der Waals surface area contributed by atoms with Gasteiger partial charge in [-0.3, -0.25) is 9.13 Å². The van der Waals surface area contributed by atoms with Gasteiger partial charge in [-0.2, -0.15) is 0 Å². The molecule has 0 saturated carbocycles. The van der Waals surface area contributed by atoms with Crippen LogP contribution in [0.2, 0.25) is 0 Å². The van der Waals surface area contributed by atoms with Gasteiger partial charge in [0.25, 0.3) is 0 Å². The molecule has 5 nitrogen and oxygen atoms in total. The summed E-state index contributed by atoms with van der Waals surface area (Å²) in [4.78, 5) is 18.9. The summed E-state index contributed by atoms with van der Waals surface area (Å²) in [5.41, 5.74) is 2.57. The van der Waals surface area contributed by atoms with Gasteiger partial charge < -0.3 is 14.3 Å². The Morgan fingerprint density at radius 2 is 1.74 bits per heavy atom. The van der Waals surface area contributed by atoms with E-state index in [1.807, 2.05) is 0 Å². The average Bonchev–Trinajstić information content (AvgIpc) is 2.35. The van der Waals surface area contributed by atoms with Crippen LogP contribution in [0.5, 0.6) is 0 Å². The number of hydrogen-bond acceptors (Lipinski definition) is 3. The fourth-order valence-corrected chi connectivity index (χ4v) is 6.60. The molecule has 0 spiro atoms. The van der Waals surface area contributed by atoms with Crippen LogP contribution in [0.4, 0.5) is 0 Å². The Bertz CT molecular complexity index is 501. The van der Waals surface area contributed by atoms with Crippen LogP contribution in [0.1, 0.15) is 59.8 Å². The molecule has 0 bridgehead atoms. The first-order valence-electron chi connectivity index (χ1n) is 8.06. The van der Waals surface area contributed by atoms with Gasteiger partial charge in [0.05, 0.1) is 6.61 Å². The standard InChI is InChI=1S/C16H32O5P2/c1-6-21-22(5,17)16(23(18,19)20)13-8-7-11-15(4)12-9-10-14(2)3/h10-11,16H,6-9,12-13H2,1-5H3,(H2,18,19,20)/b15-11+. The van der Waals surface area contributed by atoms with Crippen molar-refractivity contribution in [1.82, 2.24) is 0 Å². The number of unbranched alkanes of at least 4 members (excludes halogenated alkanes) is 1. The van der Waals surface area contributed by atoms with E-state index < -0.39 is 20.4 Å². The number of rotatable bonds is 11. The molecule has 2 N–H and O–H groups in total. The second kappa shape index (κ2) is 10.6. The van der Waals surface area contributed by atoms with Crippen molar-refractivity contribution in [2.75, 3.05) is 13.3 Å². The molecule has 0 rings (SSSR count). The lowest BCUT2D eigenvalue weighted by molar-refractivity contribution is 0.321. The van der Waals surface area contributed by atoms with E-state index in [4.69, 9.17) is 4.52 Å². The third-order valence-corrected chi connectivity index (χ3v) is 8.87. The summed E-state index contributed by atoms with van der Waals surface area (Å²) < 4.78 is 29.1. The van der Waals surface area contributed by atoms with Gasteiger partial charge in [0.1, 0.15) is 5.40 Å². The molecule has 2 unspecified atom stereocenters. The van der Waals surface area contributed by atoms with Crippen LogP contribution in [-0.4, -0.2) is 28.5 Å². The number of hydrogen-bond donors (Lipinski definition) is 2. The van der Waals surface area contributed by atoms with Gasteiger partial charge in [0.15, 0.2) is 0 Å². The zero-order valence-corrected chi connectivity index (χ0v) is 16.8. The monoisotopic (exact) mass is 366 g/mol. The predicted molar refractivity (Wildman–Crippen MR) is 97.3 cm³/mol. The predicted octanol–water partition coefficient (Wildman–Crippen LogP) is 5.30. The summed E-state index contributed by atoms with van der Waals surface area (Å²) in [5, 5.41) is -1.20. The van der Waals surface area contributed by atoms with E-state index in [-0.39, 0.29) is 13.0 Å². The minimum atomic E-state index is -4.44. The SMILES string of the molecule is CCOP(C)(=O)C(CCC/C=C(\C)CCC=C(C)C)P(=O)(O)O. The van der Waals surface area contributed by atoms with Crippen molar-refractivity contribution in [3.05, 3.63) is 23.3 Å².